The standard InChI is InChI=1S/C15H17NO5/c1-9-7-16(8-11(9)15(18)19)14(17)10-3-2-4-12-13(10)21-6-5-20-12/h2-4,9,11H,5-8H2,1H3,(H,18,19)/t9-,11-/m1/s1. The average Bonchev–Trinajstić information content (AvgIpc) is 2.88. The second-order valence-corrected chi connectivity index (χ2v) is 5.46. The minimum absolute atomic E-state index is 0.0526. The van der Waals surface area contributed by atoms with Crippen molar-refractivity contribution in [2.45, 2.75) is 6.92 Å². The molecular formula is C15H17NO5. The van der Waals surface area contributed by atoms with Gasteiger partial charge in [-0.25, -0.2) is 0 Å². The van der Waals surface area contributed by atoms with Crippen LogP contribution in [0.4, 0.5) is 0 Å². The molecule has 0 unspecified atom stereocenters. The number of carboxylic acid groups (broad SMARTS) is 1. The van der Waals surface area contributed by atoms with Gasteiger partial charge in [0, 0.05) is 13.1 Å². The van der Waals surface area contributed by atoms with Crippen LogP contribution in [0, 0.1) is 11.8 Å². The summed E-state index contributed by atoms with van der Waals surface area (Å²) in [6, 6.07) is 5.20. The Kier molecular flexibility index (Phi) is 3.45. The largest absolute Gasteiger partial charge is 0.486 e. The molecule has 1 aromatic rings. The van der Waals surface area contributed by atoms with Crippen LogP contribution in [-0.2, 0) is 4.79 Å². The van der Waals surface area contributed by atoms with Crippen molar-refractivity contribution in [2.75, 3.05) is 26.3 Å². The molecular weight excluding hydrogens is 274 g/mol. The number of hydrogen-bond donors (Lipinski definition) is 1. The normalized spacial score (nSPS) is 24.0. The highest BCUT2D eigenvalue weighted by atomic mass is 16.6. The molecule has 6 heteroatoms. The predicted molar refractivity (Wildman–Crippen MR) is 73.6 cm³/mol. The van der Waals surface area contributed by atoms with Crippen molar-refractivity contribution in [3.63, 3.8) is 0 Å². The van der Waals surface area contributed by atoms with Gasteiger partial charge in [0.2, 0.25) is 0 Å². The van der Waals surface area contributed by atoms with Crippen molar-refractivity contribution >= 4 is 11.9 Å². The first kappa shape index (κ1) is 13.7. The highest BCUT2D eigenvalue weighted by molar-refractivity contribution is 5.98. The van der Waals surface area contributed by atoms with Crippen molar-refractivity contribution in [1.29, 1.82) is 0 Å². The monoisotopic (exact) mass is 291 g/mol. The molecule has 1 amide bonds. The number of benzene rings is 1. The summed E-state index contributed by atoms with van der Waals surface area (Å²) in [5.41, 5.74) is 0.436. The molecule has 6 nitrogen and oxygen atoms in total. The fourth-order valence-electron chi connectivity index (χ4n) is 2.87. The predicted octanol–water partition coefficient (Wildman–Crippen LogP) is 1.25. The highest BCUT2D eigenvalue weighted by Crippen LogP contribution is 2.35. The third-order valence-corrected chi connectivity index (χ3v) is 4.01. The zero-order valence-electron chi connectivity index (χ0n) is 11.7. The Morgan fingerprint density at radius 3 is 2.71 bits per heavy atom. The lowest BCUT2D eigenvalue weighted by Crippen LogP contribution is -2.31. The lowest BCUT2D eigenvalue weighted by molar-refractivity contribution is -0.142. The van der Waals surface area contributed by atoms with E-state index in [4.69, 9.17) is 14.6 Å². The summed E-state index contributed by atoms with van der Waals surface area (Å²) in [6.45, 7) is 3.41. The van der Waals surface area contributed by atoms with Crippen LogP contribution in [0.1, 0.15) is 17.3 Å². The first-order valence-electron chi connectivity index (χ1n) is 6.98. The molecule has 1 N–H and O–H groups in total. The van der Waals surface area contributed by atoms with Crippen LogP contribution in [-0.4, -0.2) is 48.2 Å². The number of aliphatic carboxylic acids is 1. The van der Waals surface area contributed by atoms with E-state index >= 15 is 0 Å². The molecule has 2 atom stereocenters. The maximum absolute atomic E-state index is 12.6. The molecule has 0 aliphatic carbocycles. The van der Waals surface area contributed by atoms with Crippen molar-refractivity contribution in [1.82, 2.24) is 4.90 Å². The van der Waals surface area contributed by atoms with E-state index in [-0.39, 0.29) is 18.4 Å². The quantitative estimate of drug-likeness (QED) is 0.887. The third-order valence-electron chi connectivity index (χ3n) is 4.01. The molecule has 2 heterocycles. The van der Waals surface area contributed by atoms with Gasteiger partial charge in [0.15, 0.2) is 11.5 Å². The number of hydrogen-bond acceptors (Lipinski definition) is 4. The summed E-state index contributed by atoms with van der Waals surface area (Å²) in [6.07, 6.45) is 0. The smallest absolute Gasteiger partial charge is 0.308 e. The molecule has 112 valence electrons. The molecule has 1 saturated heterocycles. The Morgan fingerprint density at radius 1 is 1.24 bits per heavy atom. The second-order valence-electron chi connectivity index (χ2n) is 5.46. The number of fused-ring (bicyclic) bond motifs is 1. The Bertz CT molecular complexity index is 585. The molecule has 21 heavy (non-hydrogen) atoms. The maximum Gasteiger partial charge on any atom is 0.308 e. The van der Waals surface area contributed by atoms with E-state index in [9.17, 15) is 9.59 Å². The molecule has 1 aromatic carbocycles. The summed E-state index contributed by atoms with van der Waals surface area (Å²) in [5.74, 6) is -0.594. The Balaban J connectivity index is 1.85. The van der Waals surface area contributed by atoms with Gasteiger partial charge in [-0.15, -0.1) is 0 Å². The molecule has 0 bridgehead atoms. The molecule has 0 saturated carbocycles. The summed E-state index contributed by atoms with van der Waals surface area (Å²) in [5, 5.41) is 9.16. The summed E-state index contributed by atoms with van der Waals surface area (Å²) in [4.78, 5) is 25.4. The third kappa shape index (κ3) is 2.41. The fourth-order valence-corrected chi connectivity index (χ4v) is 2.87. The van der Waals surface area contributed by atoms with Gasteiger partial charge in [0.1, 0.15) is 13.2 Å². The molecule has 0 aromatic heterocycles. The van der Waals surface area contributed by atoms with Crippen LogP contribution >= 0.6 is 0 Å². The van der Waals surface area contributed by atoms with E-state index in [0.717, 1.165) is 0 Å². The molecule has 1 fully saturated rings. The Hall–Kier alpha value is -2.24. The number of para-hydroxylation sites is 1. The van der Waals surface area contributed by atoms with Gasteiger partial charge in [-0.05, 0) is 18.1 Å². The SMILES string of the molecule is C[C@@H]1CN(C(=O)c2cccc3c2OCCO3)C[C@H]1C(=O)O. The van der Waals surface area contributed by atoms with Crippen molar-refractivity contribution in [3.05, 3.63) is 23.8 Å². The van der Waals surface area contributed by atoms with Crippen molar-refractivity contribution < 1.29 is 24.2 Å². The molecule has 0 radical (unpaired) electrons. The summed E-state index contributed by atoms with van der Waals surface area (Å²) >= 11 is 0. The zero-order chi connectivity index (χ0) is 15.0. The Labute approximate surface area is 122 Å². The zero-order valence-corrected chi connectivity index (χ0v) is 11.7. The maximum atomic E-state index is 12.6. The van der Waals surface area contributed by atoms with Crippen LogP contribution in [0.25, 0.3) is 0 Å². The molecule has 3 rings (SSSR count). The number of carboxylic acids is 1. The minimum Gasteiger partial charge on any atom is -0.486 e. The van der Waals surface area contributed by atoms with Gasteiger partial charge in [-0.3, -0.25) is 9.59 Å². The van der Waals surface area contributed by atoms with E-state index in [1.54, 1.807) is 23.1 Å². The van der Waals surface area contributed by atoms with Gasteiger partial charge in [-0.2, -0.15) is 0 Å². The Morgan fingerprint density at radius 2 is 2.00 bits per heavy atom. The first-order chi connectivity index (χ1) is 10.1. The van der Waals surface area contributed by atoms with Gasteiger partial charge in [0.25, 0.3) is 5.91 Å². The average molecular weight is 291 g/mol. The van der Waals surface area contributed by atoms with Crippen LogP contribution in [0.15, 0.2) is 18.2 Å². The molecule has 2 aliphatic heterocycles. The summed E-state index contributed by atoms with van der Waals surface area (Å²) in [7, 11) is 0. The fraction of sp³-hybridized carbons (Fsp3) is 0.467. The van der Waals surface area contributed by atoms with Crippen LogP contribution in [0.3, 0.4) is 0 Å². The van der Waals surface area contributed by atoms with Crippen molar-refractivity contribution in [3.8, 4) is 11.5 Å². The minimum atomic E-state index is -0.854. The van der Waals surface area contributed by atoms with Gasteiger partial charge in [-0.1, -0.05) is 13.0 Å². The topological polar surface area (TPSA) is 76.1 Å². The highest BCUT2D eigenvalue weighted by Gasteiger charge is 2.38. The van der Waals surface area contributed by atoms with E-state index < -0.39 is 11.9 Å². The lowest BCUT2D eigenvalue weighted by atomic mass is 9.99. The van der Waals surface area contributed by atoms with E-state index in [2.05, 4.69) is 0 Å². The van der Waals surface area contributed by atoms with Crippen LogP contribution < -0.4 is 9.47 Å². The van der Waals surface area contributed by atoms with Crippen LogP contribution in [0.5, 0.6) is 11.5 Å². The van der Waals surface area contributed by atoms with E-state index in [1.807, 2.05) is 6.92 Å². The molecule has 0 spiro atoms. The number of nitrogens with zero attached hydrogens (tertiary/aromatic N) is 1. The van der Waals surface area contributed by atoms with Gasteiger partial charge < -0.3 is 19.5 Å². The van der Waals surface area contributed by atoms with Crippen LogP contribution in [0.2, 0.25) is 0 Å². The number of ether oxygens (including phenoxy) is 2. The number of amides is 1. The first-order valence-corrected chi connectivity index (χ1v) is 6.98. The van der Waals surface area contributed by atoms with E-state index in [0.29, 0.717) is 36.8 Å². The summed E-state index contributed by atoms with van der Waals surface area (Å²) < 4.78 is 11.0. The van der Waals surface area contributed by atoms with Gasteiger partial charge >= 0.3 is 5.97 Å². The number of carbonyl (C=O) groups excluding carboxylic acids is 1. The number of carbonyl (C=O) groups is 2. The molecule has 2 aliphatic rings. The van der Waals surface area contributed by atoms with Crippen molar-refractivity contribution in [2.24, 2.45) is 11.8 Å². The second kappa shape index (κ2) is 5.27. The lowest BCUT2D eigenvalue weighted by Gasteiger charge is -2.23. The van der Waals surface area contributed by atoms with Gasteiger partial charge in [0.05, 0.1) is 11.5 Å². The number of likely N-dealkylation sites (tertiary alicyclic amines) is 1. The number of rotatable bonds is 2. The van der Waals surface area contributed by atoms with E-state index in [1.165, 1.54) is 0 Å².